The van der Waals surface area contributed by atoms with Crippen LogP contribution in [0.5, 0.6) is 0 Å². The quantitative estimate of drug-likeness (QED) is 0.424. The molecule has 0 fully saturated rings. The van der Waals surface area contributed by atoms with E-state index in [9.17, 15) is 5.21 Å². The van der Waals surface area contributed by atoms with Crippen molar-refractivity contribution >= 4 is 5.69 Å². The third-order valence-corrected chi connectivity index (χ3v) is 2.53. The van der Waals surface area contributed by atoms with Crippen molar-refractivity contribution in [2.24, 2.45) is 0 Å². The Kier molecular flexibility index (Phi) is 1.67. The van der Waals surface area contributed by atoms with E-state index < -0.39 is 0 Å². The van der Waals surface area contributed by atoms with Gasteiger partial charge in [0.15, 0.2) is 0 Å². The molecule has 0 N–H and O–H groups in total. The van der Waals surface area contributed by atoms with Gasteiger partial charge in [-0.3, -0.25) is 0 Å². The first-order valence-corrected chi connectivity index (χ1v) is 4.35. The molecule has 1 aliphatic rings. The summed E-state index contributed by atoms with van der Waals surface area (Å²) >= 11 is 0. The zero-order valence-electron chi connectivity index (χ0n) is 7.29. The molecular formula is C10H13NO. The molecule has 1 unspecified atom stereocenters. The first kappa shape index (κ1) is 7.77. The van der Waals surface area contributed by atoms with Gasteiger partial charge < -0.3 is 9.85 Å². The van der Waals surface area contributed by atoms with E-state index in [0.29, 0.717) is 0 Å². The van der Waals surface area contributed by atoms with Crippen LogP contribution in [0.2, 0.25) is 0 Å². The summed E-state index contributed by atoms with van der Waals surface area (Å²) in [4.78, 5) is 0. The third-order valence-electron chi connectivity index (χ3n) is 2.53. The second kappa shape index (κ2) is 2.57. The summed E-state index contributed by atoms with van der Waals surface area (Å²) in [7, 11) is 1.73. The minimum Gasteiger partial charge on any atom is -0.628 e. The van der Waals surface area contributed by atoms with Gasteiger partial charge in [0.1, 0.15) is 5.69 Å². The summed E-state index contributed by atoms with van der Waals surface area (Å²) in [6.07, 6.45) is 2.07. The first-order chi connectivity index (χ1) is 5.70. The highest BCUT2D eigenvalue weighted by molar-refractivity contribution is 5.52. The Labute approximate surface area is 72.6 Å². The maximum absolute atomic E-state index is 11.9. The molecule has 0 spiro atoms. The molecule has 0 saturated carbocycles. The lowest BCUT2D eigenvalue weighted by molar-refractivity contribution is 0.410. The lowest BCUT2D eigenvalue weighted by Gasteiger charge is -2.42. The van der Waals surface area contributed by atoms with Crippen LogP contribution < -0.4 is 4.65 Å². The maximum Gasteiger partial charge on any atom is 0.135 e. The summed E-state index contributed by atoms with van der Waals surface area (Å²) in [5, 5.41) is 11.9. The van der Waals surface area contributed by atoms with E-state index in [1.807, 2.05) is 18.2 Å². The van der Waals surface area contributed by atoms with E-state index in [-0.39, 0.29) is 4.65 Å². The van der Waals surface area contributed by atoms with Gasteiger partial charge in [-0.2, -0.15) is 0 Å². The molecule has 0 saturated heterocycles. The minimum absolute atomic E-state index is 0.198. The molecule has 0 aromatic heterocycles. The molecule has 0 radical (unpaired) electrons. The average Bonchev–Trinajstić information content (AvgIpc) is 2.04. The van der Waals surface area contributed by atoms with Gasteiger partial charge >= 0.3 is 0 Å². The SMILES string of the molecule is C[N+]1([O-])CCCc2ccccc21. The predicted molar refractivity (Wildman–Crippen MR) is 50.7 cm³/mol. The van der Waals surface area contributed by atoms with Crippen LogP contribution in [-0.2, 0) is 6.42 Å². The minimum atomic E-state index is -0.198. The summed E-state index contributed by atoms with van der Waals surface area (Å²) in [6, 6.07) is 7.95. The maximum atomic E-state index is 11.9. The van der Waals surface area contributed by atoms with Crippen molar-refractivity contribution in [2.75, 3.05) is 13.6 Å². The van der Waals surface area contributed by atoms with Crippen molar-refractivity contribution in [1.82, 2.24) is 4.65 Å². The van der Waals surface area contributed by atoms with Crippen molar-refractivity contribution < 1.29 is 0 Å². The molecule has 64 valence electrons. The number of benzene rings is 1. The summed E-state index contributed by atoms with van der Waals surface area (Å²) < 4.78 is -0.198. The Morgan fingerprint density at radius 1 is 1.33 bits per heavy atom. The number of fused-ring (bicyclic) bond motifs is 1. The number of hydroxylamine groups is 2. The molecule has 1 aromatic carbocycles. The zero-order chi connectivity index (χ0) is 8.60. The molecule has 2 nitrogen and oxygen atoms in total. The van der Waals surface area contributed by atoms with Gasteiger partial charge in [0.2, 0.25) is 0 Å². The van der Waals surface area contributed by atoms with Crippen LogP contribution in [0.25, 0.3) is 0 Å². The number of para-hydroxylation sites is 1. The Hall–Kier alpha value is -0.860. The van der Waals surface area contributed by atoms with E-state index in [1.54, 1.807) is 7.05 Å². The van der Waals surface area contributed by atoms with Crippen LogP contribution in [0.4, 0.5) is 5.69 Å². The van der Waals surface area contributed by atoms with Crippen LogP contribution in [0.15, 0.2) is 24.3 Å². The smallest absolute Gasteiger partial charge is 0.135 e. The van der Waals surface area contributed by atoms with Crippen LogP contribution in [0.3, 0.4) is 0 Å². The Bertz CT molecular complexity index is 294. The Morgan fingerprint density at radius 3 is 2.83 bits per heavy atom. The molecular weight excluding hydrogens is 150 g/mol. The number of nitrogens with zero attached hydrogens (tertiary/aromatic N) is 1. The number of hydrogen-bond acceptors (Lipinski definition) is 1. The highest BCUT2D eigenvalue weighted by Crippen LogP contribution is 2.30. The second-order valence-electron chi connectivity index (χ2n) is 3.56. The van der Waals surface area contributed by atoms with Gasteiger partial charge in [0, 0.05) is 12.0 Å². The normalized spacial score (nSPS) is 28.2. The fourth-order valence-corrected chi connectivity index (χ4v) is 1.88. The van der Waals surface area contributed by atoms with E-state index in [4.69, 9.17) is 0 Å². The van der Waals surface area contributed by atoms with Crippen LogP contribution in [0.1, 0.15) is 12.0 Å². The third kappa shape index (κ3) is 1.13. The fraction of sp³-hybridized carbons (Fsp3) is 0.400. The second-order valence-corrected chi connectivity index (χ2v) is 3.56. The van der Waals surface area contributed by atoms with Crippen molar-refractivity contribution in [3.05, 3.63) is 35.0 Å². The molecule has 2 heteroatoms. The summed E-state index contributed by atoms with van der Waals surface area (Å²) in [5.74, 6) is 0. The van der Waals surface area contributed by atoms with Gasteiger partial charge in [-0.15, -0.1) is 0 Å². The fourth-order valence-electron chi connectivity index (χ4n) is 1.88. The van der Waals surface area contributed by atoms with Gasteiger partial charge in [-0.25, -0.2) is 0 Å². The average molecular weight is 163 g/mol. The molecule has 1 atom stereocenters. The monoisotopic (exact) mass is 163 g/mol. The van der Waals surface area contributed by atoms with Crippen LogP contribution >= 0.6 is 0 Å². The number of hydrogen-bond donors (Lipinski definition) is 0. The molecule has 0 bridgehead atoms. The molecule has 12 heavy (non-hydrogen) atoms. The predicted octanol–water partition coefficient (Wildman–Crippen LogP) is 2.07. The molecule has 1 aliphatic heterocycles. The molecule has 0 aliphatic carbocycles. The Balaban J connectivity index is 2.52. The van der Waals surface area contributed by atoms with Gasteiger partial charge in [0.05, 0.1) is 13.6 Å². The number of quaternary nitrogens is 1. The Morgan fingerprint density at radius 2 is 2.08 bits per heavy atom. The van der Waals surface area contributed by atoms with Gasteiger partial charge in [0.25, 0.3) is 0 Å². The highest BCUT2D eigenvalue weighted by Gasteiger charge is 2.22. The number of aryl methyl sites for hydroxylation is 1. The summed E-state index contributed by atoms with van der Waals surface area (Å²) in [5.41, 5.74) is 2.17. The van der Waals surface area contributed by atoms with Crippen molar-refractivity contribution in [3.63, 3.8) is 0 Å². The first-order valence-electron chi connectivity index (χ1n) is 4.35. The lowest BCUT2D eigenvalue weighted by Crippen LogP contribution is -2.42. The van der Waals surface area contributed by atoms with Gasteiger partial charge in [-0.1, -0.05) is 18.2 Å². The highest BCUT2D eigenvalue weighted by atomic mass is 16.5. The van der Waals surface area contributed by atoms with E-state index in [1.165, 1.54) is 5.56 Å². The topological polar surface area (TPSA) is 23.1 Å². The molecule has 2 rings (SSSR count). The van der Waals surface area contributed by atoms with E-state index in [0.717, 1.165) is 25.1 Å². The molecule has 1 aromatic rings. The van der Waals surface area contributed by atoms with Crippen molar-refractivity contribution in [3.8, 4) is 0 Å². The largest absolute Gasteiger partial charge is 0.628 e. The van der Waals surface area contributed by atoms with E-state index >= 15 is 0 Å². The molecule has 1 heterocycles. The van der Waals surface area contributed by atoms with Crippen LogP contribution in [-0.4, -0.2) is 13.6 Å². The lowest BCUT2D eigenvalue weighted by atomic mass is 10.0. The zero-order valence-corrected chi connectivity index (χ0v) is 7.29. The standard InChI is InChI=1S/C10H13NO/c1-11(12)8-4-6-9-5-2-3-7-10(9)11/h2-3,5,7H,4,6,8H2,1H3. The van der Waals surface area contributed by atoms with Crippen molar-refractivity contribution in [1.29, 1.82) is 0 Å². The summed E-state index contributed by atoms with van der Waals surface area (Å²) in [6.45, 7) is 0.719. The number of rotatable bonds is 0. The van der Waals surface area contributed by atoms with Crippen LogP contribution in [0, 0.1) is 5.21 Å². The van der Waals surface area contributed by atoms with Crippen molar-refractivity contribution in [2.45, 2.75) is 12.8 Å². The van der Waals surface area contributed by atoms with Gasteiger partial charge in [-0.05, 0) is 12.5 Å². The molecule has 0 amide bonds. The van der Waals surface area contributed by atoms with E-state index in [2.05, 4.69) is 6.07 Å².